The average Bonchev–Trinajstić information content (AvgIpc) is 2.95. The Balaban J connectivity index is 0.00000218. The number of nitrogens with zero attached hydrogens (tertiary/aromatic N) is 3. The number of amides is 1. The van der Waals surface area contributed by atoms with Gasteiger partial charge in [-0.05, 0) is 43.7 Å². The summed E-state index contributed by atoms with van der Waals surface area (Å²) in [5, 5.41) is 11.2. The minimum Gasteiger partial charge on any atom is -0.338 e. The number of rotatable bonds is 3. The molecule has 1 saturated heterocycles. The number of nitrogens with one attached hydrogen (secondary N) is 2. The monoisotopic (exact) mass is 431 g/mol. The molecule has 162 valence electrons. The number of carbonyl (C=O) groups is 1. The van der Waals surface area contributed by atoms with Crippen molar-refractivity contribution in [3.63, 3.8) is 0 Å². The molecule has 2 aromatic rings. The van der Waals surface area contributed by atoms with Crippen molar-refractivity contribution in [2.24, 2.45) is 5.92 Å². The van der Waals surface area contributed by atoms with Crippen LogP contribution in [-0.2, 0) is 24.2 Å². The number of aromatic amines is 1. The molecule has 0 unspecified atom stereocenters. The summed E-state index contributed by atoms with van der Waals surface area (Å²) < 4.78 is 1.77. The molecule has 1 aliphatic carbocycles. The normalized spacial score (nSPS) is 24.8. The highest BCUT2D eigenvalue weighted by Gasteiger charge is 2.42. The third kappa shape index (κ3) is 3.58. The first-order chi connectivity index (χ1) is 14.1. The lowest BCUT2D eigenvalue weighted by molar-refractivity contribution is -0.136. The SMILES string of the molecule is CN(Cc1n[nH]c2c1CCCCC2)C(=O)[C@H]1[C@@H]2CNC[C@@H](C2)c2cccc(=O)n21.Cl. The molecule has 2 N–H and O–H groups in total. The van der Waals surface area contributed by atoms with E-state index in [1.54, 1.807) is 15.5 Å². The van der Waals surface area contributed by atoms with E-state index in [4.69, 9.17) is 0 Å². The first-order valence-electron chi connectivity index (χ1n) is 10.9. The molecular weight excluding hydrogens is 402 g/mol. The van der Waals surface area contributed by atoms with E-state index >= 15 is 0 Å². The molecule has 1 fully saturated rings. The van der Waals surface area contributed by atoms with E-state index in [0.717, 1.165) is 43.7 Å². The lowest BCUT2D eigenvalue weighted by Gasteiger charge is -2.43. The molecule has 8 heteroatoms. The van der Waals surface area contributed by atoms with E-state index in [2.05, 4.69) is 15.5 Å². The predicted molar refractivity (Wildman–Crippen MR) is 117 cm³/mol. The second kappa shape index (κ2) is 8.55. The molecule has 30 heavy (non-hydrogen) atoms. The molecule has 5 rings (SSSR count). The number of hydrogen-bond acceptors (Lipinski definition) is 4. The third-order valence-corrected chi connectivity index (χ3v) is 6.96. The molecule has 1 amide bonds. The van der Waals surface area contributed by atoms with Gasteiger partial charge in [-0.3, -0.25) is 19.3 Å². The van der Waals surface area contributed by atoms with Gasteiger partial charge in [-0.2, -0.15) is 5.10 Å². The van der Waals surface area contributed by atoms with Gasteiger partial charge in [-0.15, -0.1) is 12.4 Å². The summed E-state index contributed by atoms with van der Waals surface area (Å²) in [6.45, 7) is 2.14. The average molecular weight is 432 g/mol. The van der Waals surface area contributed by atoms with Crippen molar-refractivity contribution in [3.8, 4) is 0 Å². The van der Waals surface area contributed by atoms with E-state index < -0.39 is 6.04 Å². The molecule has 4 heterocycles. The maximum atomic E-state index is 13.6. The second-order valence-electron chi connectivity index (χ2n) is 8.84. The summed E-state index contributed by atoms with van der Waals surface area (Å²) >= 11 is 0. The highest BCUT2D eigenvalue weighted by Crippen LogP contribution is 2.39. The van der Waals surface area contributed by atoms with Crippen LogP contribution < -0.4 is 10.9 Å². The van der Waals surface area contributed by atoms with Gasteiger partial charge in [-0.25, -0.2) is 0 Å². The van der Waals surface area contributed by atoms with Gasteiger partial charge in [0.15, 0.2) is 0 Å². The zero-order valence-corrected chi connectivity index (χ0v) is 18.2. The number of likely N-dealkylation sites (N-methyl/N-ethyl adjacent to an activating group) is 1. The van der Waals surface area contributed by atoms with E-state index in [9.17, 15) is 9.59 Å². The Morgan fingerprint density at radius 3 is 2.93 bits per heavy atom. The van der Waals surface area contributed by atoms with Gasteiger partial charge in [0.05, 0.1) is 12.2 Å². The highest BCUT2D eigenvalue weighted by molar-refractivity contribution is 5.85. The van der Waals surface area contributed by atoms with Crippen LogP contribution in [0.3, 0.4) is 0 Å². The van der Waals surface area contributed by atoms with Crippen molar-refractivity contribution in [3.05, 3.63) is 51.2 Å². The van der Waals surface area contributed by atoms with Crippen LogP contribution >= 0.6 is 12.4 Å². The number of aromatic nitrogens is 3. The van der Waals surface area contributed by atoms with Crippen molar-refractivity contribution in [1.82, 2.24) is 25.0 Å². The molecule has 3 atom stereocenters. The van der Waals surface area contributed by atoms with Crippen LogP contribution in [0, 0.1) is 5.92 Å². The summed E-state index contributed by atoms with van der Waals surface area (Å²) in [6, 6.07) is 4.95. The Morgan fingerprint density at radius 2 is 2.07 bits per heavy atom. The van der Waals surface area contributed by atoms with Crippen LogP contribution in [0.15, 0.2) is 23.0 Å². The van der Waals surface area contributed by atoms with Gasteiger partial charge < -0.3 is 10.2 Å². The number of fused-ring (bicyclic) bond motifs is 5. The van der Waals surface area contributed by atoms with Crippen molar-refractivity contribution in [2.45, 2.75) is 57.0 Å². The second-order valence-corrected chi connectivity index (χ2v) is 8.84. The molecule has 2 aromatic heterocycles. The fraction of sp³-hybridized carbons (Fsp3) is 0.591. The zero-order chi connectivity index (χ0) is 20.0. The van der Waals surface area contributed by atoms with Gasteiger partial charge in [0.2, 0.25) is 5.91 Å². The van der Waals surface area contributed by atoms with Gasteiger partial charge in [0, 0.05) is 49.4 Å². The van der Waals surface area contributed by atoms with E-state index in [1.807, 2.05) is 19.2 Å². The highest BCUT2D eigenvalue weighted by atomic mass is 35.5. The van der Waals surface area contributed by atoms with E-state index in [0.29, 0.717) is 12.5 Å². The molecule has 0 spiro atoms. The quantitative estimate of drug-likeness (QED) is 0.729. The van der Waals surface area contributed by atoms with Crippen LogP contribution in [0.2, 0.25) is 0 Å². The minimum atomic E-state index is -0.440. The zero-order valence-electron chi connectivity index (χ0n) is 17.4. The summed E-state index contributed by atoms with van der Waals surface area (Å²) in [7, 11) is 1.84. The largest absolute Gasteiger partial charge is 0.338 e. The van der Waals surface area contributed by atoms with Gasteiger partial charge in [-0.1, -0.05) is 12.5 Å². The third-order valence-electron chi connectivity index (χ3n) is 6.96. The van der Waals surface area contributed by atoms with Gasteiger partial charge in [0.1, 0.15) is 6.04 Å². The molecule has 2 bridgehead atoms. The van der Waals surface area contributed by atoms with Gasteiger partial charge in [0.25, 0.3) is 5.56 Å². The molecule has 3 aliphatic rings. The summed E-state index contributed by atoms with van der Waals surface area (Å²) in [5.41, 5.74) is 4.43. The maximum Gasteiger partial charge on any atom is 0.251 e. The summed E-state index contributed by atoms with van der Waals surface area (Å²) in [6.07, 6.45) is 6.65. The van der Waals surface area contributed by atoms with Crippen molar-refractivity contribution < 1.29 is 4.79 Å². The number of hydrogen-bond donors (Lipinski definition) is 2. The molecule has 7 nitrogen and oxygen atoms in total. The van der Waals surface area contributed by atoms with Crippen LogP contribution in [0.4, 0.5) is 0 Å². The van der Waals surface area contributed by atoms with E-state index in [-0.39, 0.29) is 29.8 Å². The molecule has 0 saturated carbocycles. The molecule has 0 aromatic carbocycles. The fourth-order valence-electron chi connectivity index (χ4n) is 5.50. The van der Waals surface area contributed by atoms with Crippen LogP contribution in [0.5, 0.6) is 0 Å². The Labute approximate surface area is 182 Å². The lowest BCUT2D eigenvalue weighted by Crippen LogP contribution is -2.52. The Hall–Kier alpha value is -2.12. The van der Waals surface area contributed by atoms with Crippen LogP contribution in [0.25, 0.3) is 0 Å². The van der Waals surface area contributed by atoms with Gasteiger partial charge >= 0.3 is 0 Å². The van der Waals surface area contributed by atoms with Crippen LogP contribution in [0.1, 0.15) is 60.3 Å². The first-order valence-corrected chi connectivity index (χ1v) is 10.9. The maximum absolute atomic E-state index is 13.6. The molecule has 0 radical (unpaired) electrons. The Bertz CT molecular complexity index is 984. The predicted octanol–water partition coefficient (Wildman–Crippen LogP) is 2.17. The Morgan fingerprint density at radius 1 is 1.23 bits per heavy atom. The number of halogens is 1. The molecular formula is C22H30ClN5O2. The smallest absolute Gasteiger partial charge is 0.251 e. The van der Waals surface area contributed by atoms with Crippen molar-refractivity contribution in [1.29, 1.82) is 0 Å². The van der Waals surface area contributed by atoms with Crippen LogP contribution in [-0.4, -0.2) is 45.7 Å². The number of carbonyl (C=O) groups excluding carboxylic acids is 1. The number of pyridine rings is 1. The molecule has 2 aliphatic heterocycles. The number of H-pyrrole nitrogens is 1. The lowest BCUT2D eigenvalue weighted by atomic mass is 9.79. The Kier molecular flexibility index (Phi) is 6.02. The van der Waals surface area contributed by atoms with Crippen molar-refractivity contribution in [2.75, 3.05) is 20.1 Å². The summed E-state index contributed by atoms with van der Waals surface area (Å²) in [4.78, 5) is 28.1. The minimum absolute atomic E-state index is 0. The summed E-state index contributed by atoms with van der Waals surface area (Å²) in [5.74, 6) is 0.462. The number of piperidine rings is 1. The topological polar surface area (TPSA) is 83.0 Å². The number of aryl methyl sites for hydroxylation is 1. The van der Waals surface area contributed by atoms with Crippen molar-refractivity contribution >= 4 is 18.3 Å². The first kappa shape index (κ1) is 21.1. The fourth-order valence-corrected chi connectivity index (χ4v) is 5.50. The van der Waals surface area contributed by atoms with E-state index in [1.165, 1.54) is 30.5 Å². The standard InChI is InChI=1S/C22H29N5O2.ClH/c1-26(13-18-16-6-3-2-4-7-17(16)24-25-18)22(29)21-15-10-14(11-23-12-15)19-8-5-9-20(28)27(19)21;/h5,8-9,14-15,21,23H,2-4,6-7,10-13H2,1H3,(H,24,25);1H/t14-,15+,21-;/m1./s1.